The Labute approximate surface area is 61.2 Å². The van der Waals surface area contributed by atoms with Gasteiger partial charge >= 0.3 is 0 Å². The number of hydrogen-bond donors (Lipinski definition) is 0. The third-order valence-corrected chi connectivity index (χ3v) is 3.11. The van der Waals surface area contributed by atoms with Crippen LogP contribution in [0.1, 0.15) is 19.3 Å². The van der Waals surface area contributed by atoms with E-state index in [2.05, 4.69) is 11.9 Å². The Bertz CT molecular complexity index is 155. The molecule has 2 nitrogen and oxygen atoms in total. The van der Waals surface area contributed by atoms with E-state index < -0.39 is 0 Å². The molecule has 3 unspecified atom stereocenters. The molecule has 3 atom stereocenters. The Morgan fingerprint density at radius 3 is 2.70 bits per heavy atom. The summed E-state index contributed by atoms with van der Waals surface area (Å²) >= 11 is 0. The average molecular weight is 139 g/mol. The van der Waals surface area contributed by atoms with Crippen LogP contribution in [0.25, 0.3) is 0 Å². The van der Waals surface area contributed by atoms with E-state index in [9.17, 15) is 4.79 Å². The fourth-order valence-electron chi connectivity index (χ4n) is 2.45. The molecule has 0 amide bonds. The van der Waals surface area contributed by atoms with Gasteiger partial charge in [0, 0.05) is 6.04 Å². The van der Waals surface area contributed by atoms with Gasteiger partial charge in [-0.2, -0.15) is 0 Å². The van der Waals surface area contributed by atoms with Gasteiger partial charge in [-0.3, -0.25) is 4.90 Å². The predicted molar refractivity (Wildman–Crippen MR) is 38.7 cm³/mol. The van der Waals surface area contributed by atoms with Crippen LogP contribution in [0, 0.1) is 5.92 Å². The molecular weight excluding hydrogens is 126 g/mol. The van der Waals surface area contributed by atoms with Crippen LogP contribution in [0.3, 0.4) is 0 Å². The summed E-state index contributed by atoms with van der Waals surface area (Å²) in [7, 11) is 2.07. The van der Waals surface area contributed by atoms with E-state index in [1.165, 1.54) is 19.3 Å². The van der Waals surface area contributed by atoms with Crippen molar-refractivity contribution in [2.45, 2.75) is 31.3 Å². The van der Waals surface area contributed by atoms with Crippen molar-refractivity contribution in [3.8, 4) is 0 Å². The van der Waals surface area contributed by atoms with Crippen molar-refractivity contribution in [3.63, 3.8) is 0 Å². The number of piperidine rings is 1. The SMILES string of the molecule is CN1C2CCC(C2)C1C=O. The van der Waals surface area contributed by atoms with Crippen molar-refractivity contribution >= 4 is 6.29 Å². The first-order valence-electron chi connectivity index (χ1n) is 4.00. The number of fused-ring (bicyclic) bond motifs is 2. The molecule has 2 rings (SSSR count). The highest BCUT2D eigenvalue weighted by atomic mass is 16.1. The highest BCUT2D eigenvalue weighted by Crippen LogP contribution is 2.40. The lowest BCUT2D eigenvalue weighted by Gasteiger charge is -2.27. The van der Waals surface area contributed by atoms with Crippen LogP contribution in [0.4, 0.5) is 0 Å². The summed E-state index contributed by atoms with van der Waals surface area (Å²) in [6, 6.07) is 0.971. The van der Waals surface area contributed by atoms with Crippen molar-refractivity contribution < 1.29 is 4.79 Å². The monoisotopic (exact) mass is 139 g/mol. The van der Waals surface area contributed by atoms with E-state index >= 15 is 0 Å². The molecule has 10 heavy (non-hydrogen) atoms. The van der Waals surface area contributed by atoms with Crippen molar-refractivity contribution in [2.24, 2.45) is 5.92 Å². The highest BCUT2D eigenvalue weighted by Gasteiger charge is 2.43. The van der Waals surface area contributed by atoms with Crippen LogP contribution >= 0.6 is 0 Å². The summed E-state index contributed by atoms with van der Waals surface area (Å²) in [5.41, 5.74) is 0. The molecule has 0 aromatic heterocycles. The topological polar surface area (TPSA) is 20.3 Å². The lowest BCUT2D eigenvalue weighted by Crippen LogP contribution is -2.38. The van der Waals surface area contributed by atoms with Crippen molar-refractivity contribution in [1.82, 2.24) is 4.90 Å². The number of carbonyl (C=O) groups is 1. The molecule has 2 aliphatic rings. The molecular formula is C8H13NO. The van der Waals surface area contributed by atoms with E-state index in [0.29, 0.717) is 5.92 Å². The number of hydrogen-bond acceptors (Lipinski definition) is 2. The minimum atomic E-state index is 0.249. The Kier molecular flexibility index (Phi) is 1.31. The van der Waals surface area contributed by atoms with E-state index in [1.54, 1.807) is 0 Å². The molecule has 0 radical (unpaired) electrons. The van der Waals surface area contributed by atoms with Crippen LogP contribution in [0.5, 0.6) is 0 Å². The number of aldehydes is 1. The molecule has 2 bridgehead atoms. The molecule has 1 heterocycles. The smallest absolute Gasteiger partial charge is 0.137 e. The molecule has 0 N–H and O–H groups in total. The maximum Gasteiger partial charge on any atom is 0.137 e. The van der Waals surface area contributed by atoms with Crippen LogP contribution in [-0.2, 0) is 4.79 Å². The molecule has 0 aromatic rings. The fourth-order valence-corrected chi connectivity index (χ4v) is 2.45. The van der Waals surface area contributed by atoms with Gasteiger partial charge in [0.25, 0.3) is 0 Å². The van der Waals surface area contributed by atoms with Crippen molar-refractivity contribution in [1.29, 1.82) is 0 Å². The summed E-state index contributed by atoms with van der Waals surface area (Å²) < 4.78 is 0. The third kappa shape index (κ3) is 0.655. The van der Waals surface area contributed by atoms with Crippen molar-refractivity contribution in [3.05, 3.63) is 0 Å². The molecule has 2 fully saturated rings. The summed E-state index contributed by atoms with van der Waals surface area (Å²) in [5.74, 6) is 0.687. The zero-order valence-corrected chi connectivity index (χ0v) is 6.29. The summed E-state index contributed by atoms with van der Waals surface area (Å²) in [4.78, 5) is 12.8. The number of likely N-dealkylation sites (N-methyl/N-ethyl adjacent to an activating group) is 1. The Hall–Kier alpha value is -0.370. The van der Waals surface area contributed by atoms with Gasteiger partial charge in [-0.05, 0) is 32.2 Å². The quantitative estimate of drug-likeness (QED) is 0.498. The summed E-state index contributed by atoms with van der Waals surface area (Å²) in [6.45, 7) is 0. The number of likely N-dealkylation sites (tertiary alicyclic amines) is 1. The number of rotatable bonds is 1. The Balaban J connectivity index is 2.16. The molecule has 1 aliphatic heterocycles. The van der Waals surface area contributed by atoms with Gasteiger partial charge in [0.05, 0.1) is 6.04 Å². The standard InChI is InChI=1S/C8H13NO/c1-9-7-3-2-6(4-7)8(9)5-10/h5-8H,2-4H2,1H3. The Morgan fingerprint density at radius 1 is 1.50 bits per heavy atom. The van der Waals surface area contributed by atoms with Gasteiger partial charge in [0.2, 0.25) is 0 Å². The molecule has 0 aromatic carbocycles. The maximum atomic E-state index is 10.6. The number of nitrogens with zero attached hydrogens (tertiary/aromatic N) is 1. The second kappa shape index (κ2) is 2.06. The molecule has 56 valence electrons. The van der Waals surface area contributed by atoms with Gasteiger partial charge in [-0.25, -0.2) is 0 Å². The van der Waals surface area contributed by atoms with Gasteiger partial charge in [0.1, 0.15) is 6.29 Å². The van der Waals surface area contributed by atoms with Crippen molar-refractivity contribution in [2.75, 3.05) is 7.05 Å². The minimum Gasteiger partial charge on any atom is -0.302 e. The molecule has 1 saturated heterocycles. The van der Waals surface area contributed by atoms with E-state index in [1.807, 2.05) is 0 Å². The van der Waals surface area contributed by atoms with Crippen LogP contribution in [-0.4, -0.2) is 30.3 Å². The minimum absolute atomic E-state index is 0.249. The zero-order chi connectivity index (χ0) is 7.14. The predicted octanol–water partition coefficient (Wildman–Crippen LogP) is 0.668. The van der Waals surface area contributed by atoms with Gasteiger partial charge < -0.3 is 4.79 Å². The molecule has 2 heteroatoms. The molecule has 1 aliphatic carbocycles. The van der Waals surface area contributed by atoms with E-state index in [4.69, 9.17) is 0 Å². The van der Waals surface area contributed by atoms with Crippen LogP contribution < -0.4 is 0 Å². The van der Waals surface area contributed by atoms with Gasteiger partial charge in [-0.1, -0.05) is 0 Å². The maximum absolute atomic E-state index is 10.6. The van der Waals surface area contributed by atoms with Gasteiger partial charge in [-0.15, -0.1) is 0 Å². The fraction of sp³-hybridized carbons (Fsp3) is 0.875. The average Bonchev–Trinajstić information content (AvgIpc) is 2.46. The first kappa shape index (κ1) is 6.35. The van der Waals surface area contributed by atoms with Crippen LogP contribution in [0.2, 0.25) is 0 Å². The normalized spacial score (nSPS) is 46.3. The lowest BCUT2D eigenvalue weighted by molar-refractivity contribution is -0.113. The first-order valence-corrected chi connectivity index (χ1v) is 4.00. The molecule has 0 spiro atoms. The van der Waals surface area contributed by atoms with E-state index in [-0.39, 0.29) is 6.04 Å². The second-order valence-electron chi connectivity index (χ2n) is 3.52. The van der Waals surface area contributed by atoms with Crippen LogP contribution in [0.15, 0.2) is 0 Å². The Morgan fingerprint density at radius 2 is 2.30 bits per heavy atom. The number of carbonyl (C=O) groups excluding carboxylic acids is 1. The molecule has 1 saturated carbocycles. The van der Waals surface area contributed by atoms with Gasteiger partial charge in [0.15, 0.2) is 0 Å². The largest absolute Gasteiger partial charge is 0.302 e. The third-order valence-electron chi connectivity index (χ3n) is 3.11. The summed E-state index contributed by atoms with van der Waals surface area (Å²) in [6.07, 6.45) is 4.97. The zero-order valence-electron chi connectivity index (χ0n) is 6.29. The second-order valence-corrected chi connectivity index (χ2v) is 3.52. The summed E-state index contributed by atoms with van der Waals surface area (Å²) in [5, 5.41) is 0. The highest BCUT2D eigenvalue weighted by molar-refractivity contribution is 5.59. The van der Waals surface area contributed by atoms with E-state index in [0.717, 1.165) is 12.3 Å². The first-order chi connectivity index (χ1) is 4.83. The lowest BCUT2D eigenvalue weighted by atomic mass is 10.0.